The van der Waals surface area contributed by atoms with Gasteiger partial charge < -0.3 is 14.6 Å². The molecule has 0 aliphatic rings. The number of nitrogens with zero attached hydrogens (tertiary/aromatic N) is 2. The van der Waals surface area contributed by atoms with E-state index in [2.05, 4.69) is 16.0 Å². The summed E-state index contributed by atoms with van der Waals surface area (Å²) < 4.78 is 7.36. The Bertz CT molecular complexity index is 1160. The molecule has 0 fully saturated rings. The third-order valence-electron chi connectivity index (χ3n) is 4.74. The summed E-state index contributed by atoms with van der Waals surface area (Å²) in [7, 11) is 1.66. The standard InChI is InChI=1S/C23H23N3O2S2/c1-14(2)24-22(27)18-12-20(26(15(18)3)21-6-5-11-29-21)19-13-30-23(25-19)16-7-9-17(28-4)10-8-16/h5-14H,1-4H3,(H,24,27). The number of carbonyl (C=O) groups excluding carboxylic acids is 1. The van der Waals surface area contributed by atoms with Crippen LogP contribution in [0.2, 0.25) is 0 Å². The molecule has 3 heterocycles. The number of hydrogen-bond donors (Lipinski definition) is 1. The van der Waals surface area contributed by atoms with E-state index in [4.69, 9.17) is 9.72 Å². The van der Waals surface area contributed by atoms with Crippen LogP contribution in [0.1, 0.15) is 29.9 Å². The zero-order valence-electron chi connectivity index (χ0n) is 17.3. The highest BCUT2D eigenvalue weighted by Crippen LogP contribution is 2.34. The molecule has 0 spiro atoms. The number of nitrogens with one attached hydrogen (secondary N) is 1. The summed E-state index contributed by atoms with van der Waals surface area (Å²) in [6.07, 6.45) is 0. The van der Waals surface area contributed by atoms with Gasteiger partial charge in [-0.15, -0.1) is 22.7 Å². The van der Waals surface area contributed by atoms with Crippen molar-refractivity contribution >= 4 is 28.6 Å². The highest BCUT2D eigenvalue weighted by Gasteiger charge is 2.22. The fourth-order valence-corrected chi connectivity index (χ4v) is 4.92. The van der Waals surface area contributed by atoms with Gasteiger partial charge in [-0.2, -0.15) is 0 Å². The lowest BCUT2D eigenvalue weighted by Gasteiger charge is -2.10. The highest BCUT2D eigenvalue weighted by molar-refractivity contribution is 7.13. The first-order valence-corrected chi connectivity index (χ1v) is 11.4. The van der Waals surface area contributed by atoms with Crippen molar-refractivity contribution in [2.24, 2.45) is 0 Å². The number of thiazole rings is 1. The Morgan fingerprint density at radius 3 is 2.57 bits per heavy atom. The molecule has 30 heavy (non-hydrogen) atoms. The number of methoxy groups -OCH3 is 1. The minimum Gasteiger partial charge on any atom is -0.497 e. The number of thiophene rings is 1. The lowest BCUT2D eigenvalue weighted by atomic mass is 10.2. The van der Waals surface area contributed by atoms with E-state index in [0.29, 0.717) is 5.56 Å². The van der Waals surface area contributed by atoms with Crippen LogP contribution >= 0.6 is 22.7 Å². The second-order valence-electron chi connectivity index (χ2n) is 7.21. The van der Waals surface area contributed by atoms with Gasteiger partial charge in [-0.1, -0.05) is 0 Å². The molecule has 3 aromatic heterocycles. The molecule has 0 atom stereocenters. The van der Waals surface area contributed by atoms with Gasteiger partial charge in [0.15, 0.2) is 0 Å². The van der Waals surface area contributed by atoms with Gasteiger partial charge in [0.05, 0.1) is 29.1 Å². The Labute approximate surface area is 184 Å². The predicted molar refractivity (Wildman–Crippen MR) is 124 cm³/mol. The van der Waals surface area contributed by atoms with Crippen LogP contribution in [-0.4, -0.2) is 28.6 Å². The summed E-state index contributed by atoms with van der Waals surface area (Å²) in [4.78, 5) is 17.7. The molecule has 0 aliphatic carbocycles. The van der Waals surface area contributed by atoms with E-state index in [1.54, 1.807) is 29.8 Å². The van der Waals surface area contributed by atoms with Crippen molar-refractivity contribution in [1.29, 1.82) is 0 Å². The Morgan fingerprint density at radius 1 is 1.17 bits per heavy atom. The molecular weight excluding hydrogens is 414 g/mol. The second kappa shape index (κ2) is 8.45. The van der Waals surface area contributed by atoms with E-state index in [-0.39, 0.29) is 11.9 Å². The van der Waals surface area contributed by atoms with Crippen molar-refractivity contribution in [3.63, 3.8) is 0 Å². The zero-order chi connectivity index (χ0) is 21.3. The molecule has 0 unspecified atom stereocenters. The van der Waals surface area contributed by atoms with Gasteiger partial charge >= 0.3 is 0 Å². The number of hydrogen-bond acceptors (Lipinski definition) is 5. The van der Waals surface area contributed by atoms with Crippen LogP contribution < -0.4 is 10.1 Å². The van der Waals surface area contributed by atoms with E-state index < -0.39 is 0 Å². The third-order valence-corrected chi connectivity index (χ3v) is 6.49. The lowest BCUT2D eigenvalue weighted by molar-refractivity contribution is 0.0942. The predicted octanol–water partition coefficient (Wildman–Crippen LogP) is 5.78. The van der Waals surface area contributed by atoms with Crippen LogP contribution in [0, 0.1) is 6.92 Å². The molecule has 154 valence electrons. The fraction of sp³-hybridized carbons (Fsp3) is 0.217. The summed E-state index contributed by atoms with van der Waals surface area (Å²) in [6.45, 7) is 5.91. The normalized spacial score (nSPS) is 11.1. The van der Waals surface area contributed by atoms with Crippen LogP contribution in [0.15, 0.2) is 53.2 Å². The van der Waals surface area contributed by atoms with Crippen molar-refractivity contribution in [2.45, 2.75) is 26.8 Å². The molecule has 5 nitrogen and oxygen atoms in total. The lowest BCUT2D eigenvalue weighted by Crippen LogP contribution is -2.30. The maximum Gasteiger partial charge on any atom is 0.253 e. The molecule has 4 aromatic rings. The molecular formula is C23H23N3O2S2. The van der Waals surface area contributed by atoms with Crippen LogP contribution in [-0.2, 0) is 0 Å². The number of amides is 1. The van der Waals surface area contributed by atoms with Crippen LogP contribution in [0.3, 0.4) is 0 Å². The quantitative estimate of drug-likeness (QED) is 0.416. The largest absolute Gasteiger partial charge is 0.497 e. The fourth-order valence-electron chi connectivity index (χ4n) is 3.30. The van der Waals surface area contributed by atoms with E-state index in [1.165, 1.54) is 0 Å². The van der Waals surface area contributed by atoms with Crippen LogP contribution in [0.25, 0.3) is 27.0 Å². The van der Waals surface area contributed by atoms with Gasteiger partial charge in [-0.25, -0.2) is 4.98 Å². The number of rotatable bonds is 6. The first-order valence-electron chi connectivity index (χ1n) is 9.65. The van der Waals surface area contributed by atoms with E-state index in [1.807, 2.05) is 67.9 Å². The van der Waals surface area contributed by atoms with Crippen molar-refractivity contribution in [1.82, 2.24) is 14.9 Å². The average Bonchev–Trinajstić information content (AvgIpc) is 3.47. The van der Waals surface area contributed by atoms with E-state index in [9.17, 15) is 4.79 Å². The summed E-state index contributed by atoms with van der Waals surface area (Å²) in [5.41, 5.74) is 4.39. The first kappa shape index (κ1) is 20.4. The van der Waals surface area contributed by atoms with Gasteiger partial charge in [0, 0.05) is 22.7 Å². The number of carbonyl (C=O) groups is 1. The first-order chi connectivity index (χ1) is 14.5. The molecule has 1 N–H and O–H groups in total. The molecule has 0 bridgehead atoms. The minimum absolute atomic E-state index is 0.0651. The molecule has 0 saturated heterocycles. The van der Waals surface area contributed by atoms with E-state index in [0.717, 1.165) is 38.4 Å². The average molecular weight is 438 g/mol. The van der Waals surface area contributed by atoms with Crippen molar-refractivity contribution in [3.8, 4) is 32.7 Å². The van der Waals surface area contributed by atoms with Crippen molar-refractivity contribution < 1.29 is 9.53 Å². The summed E-state index contributed by atoms with van der Waals surface area (Å²) in [5.74, 6) is 0.753. The molecule has 1 amide bonds. The Morgan fingerprint density at radius 2 is 1.93 bits per heavy atom. The number of benzene rings is 1. The number of aromatic nitrogens is 2. The summed E-state index contributed by atoms with van der Waals surface area (Å²) in [5, 5.41) is 9.07. The second-order valence-corrected chi connectivity index (χ2v) is 8.99. The molecule has 0 saturated carbocycles. The van der Waals surface area contributed by atoms with Gasteiger partial charge in [-0.3, -0.25) is 4.79 Å². The Balaban J connectivity index is 1.78. The molecule has 4 rings (SSSR count). The van der Waals surface area contributed by atoms with Gasteiger partial charge in [0.1, 0.15) is 10.8 Å². The van der Waals surface area contributed by atoms with Crippen LogP contribution in [0.5, 0.6) is 5.75 Å². The van der Waals surface area contributed by atoms with Gasteiger partial charge in [0.2, 0.25) is 0 Å². The number of ether oxygens (including phenoxy) is 1. The maximum atomic E-state index is 12.8. The van der Waals surface area contributed by atoms with Gasteiger partial charge in [0.25, 0.3) is 5.91 Å². The monoisotopic (exact) mass is 437 g/mol. The molecule has 7 heteroatoms. The Kier molecular flexibility index (Phi) is 5.74. The summed E-state index contributed by atoms with van der Waals surface area (Å²) in [6, 6.07) is 14.0. The topological polar surface area (TPSA) is 56.1 Å². The van der Waals surface area contributed by atoms with E-state index >= 15 is 0 Å². The molecule has 0 radical (unpaired) electrons. The smallest absolute Gasteiger partial charge is 0.253 e. The van der Waals surface area contributed by atoms with Crippen molar-refractivity contribution in [2.75, 3.05) is 7.11 Å². The molecule has 1 aromatic carbocycles. The highest BCUT2D eigenvalue weighted by atomic mass is 32.1. The zero-order valence-corrected chi connectivity index (χ0v) is 18.9. The van der Waals surface area contributed by atoms with Gasteiger partial charge in [-0.05, 0) is 68.6 Å². The van der Waals surface area contributed by atoms with Crippen molar-refractivity contribution in [3.05, 3.63) is 64.5 Å². The summed E-state index contributed by atoms with van der Waals surface area (Å²) >= 11 is 3.23. The molecule has 0 aliphatic heterocycles. The van der Waals surface area contributed by atoms with Crippen LogP contribution in [0.4, 0.5) is 0 Å². The maximum absolute atomic E-state index is 12.8. The Hall–Kier alpha value is -2.90. The third kappa shape index (κ3) is 3.91. The minimum atomic E-state index is -0.0651. The SMILES string of the molecule is COc1ccc(-c2nc(-c3cc(C(=O)NC(C)C)c(C)n3-c3cccs3)cs2)cc1.